The lowest BCUT2D eigenvalue weighted by atomic mass is 10.2. The van der Waals surface area contributed by atoms with Gasteiger partial charge < -0.3 is 19.7 Å². The van der Waals surface area contributed by atoms with E-state index in [1.165, 1.54) is 18.5 Å². The highest BCUT2D eigenvalue weighted by Crippen LogP contribution is 2.26. The number of anilines is 1. The summed E-state index contributed by atoms with van der Waals surface area (Å²) in [6.45, 7) is 3.76. The van der Waals surface area contributed by atoms with E-state index in [0.717, 1.165) is 26.2 Å². The van der Waals surface area contributed by atoms with E-state index < -0.39 is 0 Å². The molecule has 0 bridgehead atoms. The van der Waals surface area contributed by atoms with E-state index in [1.54, 1.807) is 14.2 Å². The van der Waals surface area contributed by atoms with E-state index in [-0.39, 0.29) is 0 Å². The van der Waals surface area contributed by atoms with Gasteiger partial charge in [0, 0.05) is 50.7 Å². The van der Waals surface area contributed by atoms with Crippen LogP contribution in [0.4, 0.5) is 5.69 Å². The van der Waals surface area contributed by atoms with Crippen molar-refractivity contribution in [3.8, 4) is 5.88 Å². The van der Waals surface area contributed by atoms with Crippen molar-refractivity contribution < 1.29 is 9.47 Å². The second-order valence-electron chi connectivity index (χ2n) is 4.74. The minimum absolute atomic E-state index is 0.545. The number of aromatic nitrogens is 1. The predicted octanol–water partition coefficient (Wildman–Crippen LogP) is 1.29. The molecule has 2 rings (SSSR count). The molecule has 0 aromatic carbocycles. The average molecular weight is 265 g/mol. The quantitative estimate of drug-likeness (QED) is 0.753. The van der Waals surface area contributed by atoms with Crippen LogP contribution in [-0.4, -0.2) is 51.5 Å². The molecule has 1 aliphatic rings. The Morgan fingerprint density at radius 1 is 1.47 bits per heavy atom. The molecule has 19 heavy (non-hydrogen) atoms. The van der Waals surface area contributed by atoms with Crippen molar-refractivity contribution >= 4 is 5.69 Å². The van der Waals surface area contributed by atoms with E-state index in [4.69, 9.17) is 9.47 Å². The van der Waals surface area contributed by atoms with Crippen LogP contribution in [0.15, 0.2) is 18.3 Å². The maximum atomic E-state index is 5.19. The van der Waals surface area contributed by atoms with Crippen molar-refractivity contribution in [1.82, 2.24) is 10.3 Å². The summed E-state index contributed by atoms with van der Waals surface area (Å²) in [6, 6.07) is 4.60. The average Bonchev–Trinajstić information content (AvgIpc) is 2.92. The number of ether oxygens (including phenoxy) is 2. The second kappa shape index (κ2) is 7.31. The predicted molar refractivity (Wildman–Crippen MR) is 75.9 cm³/mol. The molecule has 0 spiro atoms. The lowest BCUT2D eigenvalue weighted by Crippen LogP contribution is -2.39. The van der Waals surface area contributed by atoms with Crippen LogP contribution in [0, 0.1) is 0 Å². The number of pyridine rings is 1. The van der Waals surface area contributed by atoms with Gasteiger partial charge in [-0.25, -0.2) is 4.98 Å². The Balaban J connectivity index is 1.93. The summed E-state index contributed by atoms with van der Waals surface area (Å²) in [5.74, 6) is 0.676. The number of nitrogens with zero attached hydrogens (tertiary/aromatic N) is 2. The smallest absolute Gasteiger partial charge is 0.214 e. The topological polar surface area (TPSA) is 46.6 Å². The van der Waals surface area contributed by atoms with Gasteiger partial charge in [0.25, 0.3) is 0 Å². The van der Waals surface area contributed by atoms with Gasteiger partial charge in [-0.3, -0.25) is 0 Å². The molecule has 1 saturated heterocycles. The fraction of sp³-hybridized carbons (Fsp3) is 0.643. The maximum absolute atomic E-state index is 5.19. The molecule has 1 atom stereocenters. The standard InChI is InChI=1S/C14H23N3O2/c1-18-9-7-15-11-13-4-3-8-17(13)12-5-6-16-14(10-12)19-2/h5-6,10,13,15H,3-4,7-9,11H2,1-2H3. The SMILES string of the molecule is COCCNCC1CCCN1c1ccnc(OC)c1. The summed E-state index contributed by atoms with van der Waals surface area (Å²) < 4.78 is 10.2. The molecule has 2 heterocycles. The molecular weight excluding hydrogens is 242 g/mol. The number of nitrogens with one attached hydrogen (secondary N) is 1. The zero-order valence-corrected chi connectivity index (χ0v) is 11.8. The summed E-state index contributed by atoms with van der Waals surface area (Å²) in [6.07, 6.45) is 4.27. The summed E-state index contributed by atoms with van der Waals surface area (Å²) >= 11 is 0. The molecule has 1 fully saturated rings. The maximum Gasteiger partial charge on any atom is 0.214 e. The Bertz CT molecular complexity index is 387. The fourth-order valence-electron chi connectivity index (χ4n) is 2.52. The molecule has 0 radical (unpaired) electrons. The highest BCUT2D eigenvalue weighted by atomic mass is 16.5. The van der Waals surface area contributed by atoms with Crippen molar-refractivity contribution in [2.45, 2.75) is 18.9 Å². The Morgan fingerprint density at radius 3 is 3.16 bits per heavy atom. The lowest BCUT2D eigenvalue weighted by molar-refractivity contribution is 0.199. The van der Waals surface area contributed by atoms with E-state index in [1.807, 2.05) is 12.3 Å². The molecule has 0 aliphatic carbocycles. The first-order valence-electron chi connectivity index (χ1n) is 6.81. The molecule has 0 amide bonds. The van der Waals surface area contributed by atoms with Gasteiger partial charge in [0.1, 0.15) is 0 Å². The summed E-state index contributed by atoms with van der Waals surface area (Å²) in [5, 5.41) is 3.44. The number of methoxy groups -OCH3 is 2. The second-order valence-corrected chi connectivity index (χ2v) is 4.74. The van der Waals surface area contributed by atoms with Gasteiger partial charge in [-0.15, -0.1) is 0 Å². The van der Waals surface area contributed by atoms with E-state index >= 15 is 0 Å². The molecule has 1 aliphatic heterocycles. The van der Waals surface area contributed by atoms with Gasteiger partial charge in [-0.05, 0) is 18.9 Å². The van der Waals surface area contributed by atoms with Crippen LogP contribution in [0.1, 0.15) is 12.8 Å². The first-order chi connectivity index (χ1) is 9.35. The molecule has 1 aromatic heterocycles. The van der Waals surface area contributed by atoms with Gasteiger partial charge in [0.05, 0.1) is 13.7 Å². The monoisotopic (exact) mass is 265 g/mol. The van der Waals surface area contributed by atoms with Gasteiger partial charge in [0.15, 0.2) is 0 Å². The minimum atomic E-state index is 0.545. The highest BCUT2D eigenvalue weighted by Gasteiger charge is 2.24. The zero-order valence-electron chi connectivity index (χ0n) is 11.8. The van der Waals surface area contributed by atoms with E-state index in [2.05, 4.69) is 21.3 Å². The van der Waals surface area contributed by atoms with Gasteiger partial charge in [-0.2, -0.15) is 0 Å². The molecule has 5 nitrogen and oxygen atoms in total. The van der Waals surface area contributed by atoms with Crippen LogP contribution in [0.3, 0.4) is 0 Å². The van der Waals surface area contributed by atoms with Crippen LogP contribution < -0.4 is 15.0 Å². The van der Waals surface area contributed by atoms with Gasteiger partial charge in [-0.1, -0.05) is 0 Å². The van der Waals surface area contributed by atoms with Crippen LogP contribution >= 0.6 is 0 Å². The van der Waals surface area contributed by atoms with Crippen molar-refractivity contribution in [3.05, 3.63) is 18.3 Å². The molecule has 5 heteroatoms. The van der Waals surface area contributed by atoms with Gasteiger partial charge >= 0.3 is 0 Å². The van der Waals surface area contributed by atoms with Crippen LogP contribution in [0.2, 0.25) is 0 Å². The normalized spacial score (nSPS) is 18.8. The van der Waals surface area contributed by atoms with Crippen molar-refractivity contribution in [1.29, 1.82) is 0 Å². The first kappa shape index (κ1) is 14.1. The highest BCUT2D eigenvalue weighted by molar-refractivity contribution is 5.50. The summed E-state index contributed by atoms with van der Waals surface area (Å²) in [4.78, 5) is 6.59. The molecule has 1 N–H and O–H groups in total. The van der Waals surface area contributed by atoms with Crippen molar-refractivity contribution in [2.24, 2.45) is 0 Å². The third-order valence-corrected chi connectivity index (χ3v) is 3.50. The van der Waals surface area contributed by atoms with E-state index in [0.29, 0.717) is 11.9 Å². The van der Waals surface area contributed by atoms with Crippen molar-refractivity contribution in [3.63, 3.8) is 0 Å². The Morgan fingerprint density at radius 2 is 2.37 bits per heavy atom. The molecule has 0 saturated carbocycles. The Kier molecular flexibility index (Phi) is 5.42. The third-order valence-electron chi connectivity index (χ3n) is 3.50. The molecule has 1 aromatic rings. The van der Waals surface area contributed by atoms with Crippen molar-refractivity contribution in [2.75, 3.05) is 45.4 Å². The van der Waals surface area contributed by atoms with Crippen LogP contribution in [0.25, 0.3) is 0 Å². The molecule has 1 unspecified atom stereocenters. The number of hydrogen-bond donors (Lipinski definition) is 1. The van der Waals surface area contributed by atoms with Gasteiger partial charge in [0.2, 0.25) is 5.88 Å². The lowest BCUT2D eigenvalue weighted by Gasteiger charge is -2.27. The Labute approximate surface area is 114 Å². The summed E-state index contributed by atoms with van der Waals surface area (Å²) in [5.41, 5.74) is 1.20. The summed E-state index contributed by atoms with van der Waals surface area (Å²) in [7, 11) is 3.38. The molecule has 106 valence electrons. The largest absolute Gasteiger partial charge is 0.481 e. The van der Waals surface area contributed by atoms with Crippen LogP contribution in [-0.2, 0) is 4.74 Å². The zero-order chi connectivity index (χ0) is 13.5. The number of hydrogen-bond acceptors (Lipinski definition) is 5. The minimum Gasteiger partial charge on any atom is -0.481 e. The molecular formula is C14H23N3O2. The first-order valence-corrected chi connectivity index (χ1v) is 6.81. The van der Waals surface area contributed by atoms with E-state index in [9.17, 15) is 0 Å². The van der Waals surface area contributed by atoms with Crippen LogP contribution in [0.5, 0.6) is 5.88 Å². The Hall–Kier alpha value is -1.33. The number of rotatable bonds is 7. The fourth-order valence-corrected chi connectivity index (χ4v) is 2.52. The third kappa shape index (κ3) is 3.81.